The molecule has 4 heteroatoms. The lowest BCUT2D eigenvalue weighted by atomic mass is 10.0. The van der Waals surface area contributed by atoms with Crippen molar-refractivity contribution in [2.45, 2.75) is 0 Å². The Kier molecular flexibility index (Phi) is 7.27. The van der Waals surface area contributed by atoms with Crippen molar-refractivity contribution >= 4 is 56.3 Å². The van der Waals surface area contributed by atoms with Gasteiger partial charge in [-0.3, -0.25) is 0 Å². The van der Waals surface area contributed by atoms with Gasteiger partial charge in [-0.15, -0.1) is 0 Å². The second kappa shape index (κ2) is 12.0. The molecule has 3 nitrogen and oxygen atoms in total. The predicted octanol–water partition coefficient (Wildman–Crippen LogP) is 8.25. The van der Waals surface area contributed by atoms with Gasteiger partial charge in [-0.25, -0.2) is 4.85 Å². The summed E-state index contributed by atoms with van der Waals surface area (Å²) in [5, 5.41) is 17.4. The smallest absolute Gasteiger partial charge is 0.188 e. The molecule has 7 aromatic carbocycles. The molecular weight excluding hydrogens is 599 g/mol. The number of aromatic nitrogens is 1. The van der Waals surface area contributed by atoms with Gasteiger partial charge in [0.1, 0.15) is 0 Å². The van der Waals surface area contributed by atoms with E-state index in [1.54, 1.807) is 0 Å². The first kappa shape index (κ1) is 29.0. The fourth-order valence-corrected chi connectivity index (χ4v) is 12.0. The third-order valence-corrected chi connectivity index (χ3v) is 14.2. The highest BCUT2D eigenvalue weighted by Crippen LogP contribution is 2.38. The first-order valence-corrected chi connectivity index (χ1v) is 17.9. The number of fused-ring (bicyclic) bond motifs is 3. The van der Waals surface area contributed by atoms with E-state index < -0.39 is 8.07 Å². The molecule has 0 unspecified atom stereocenters. The summed E-state index contributed by atoms with van der Waals surface area (Å²) >= 11 is 0. The van der Waals surface area contributed by atoms with Crippen LogP contribution in [0.1, 0.15) is 5.56 Å². The number of hydrogen-bond acceptors (Lipinski definition) is 1. The monoisotopic (exact) mass is 627 g/mol. The summed E-state index contributed by atoms with van der Waals surface area (Å²) in [6, 6.07) is 64.3. The van der Waals surface area contributed by atoms with Crippen molar-refractivity contribution in [1.82, 2.24) is 4.57 Å². The van der Waals surface area contributed by atoms with Crippen molar-refractivity contribution in [3.63, 3.8) is 0 Å². The molecule has 48 heavy (non-hydrogen) atoms. The Morgan fingerprint density at radius 2 is 1.06 bits per heavy atom. The molecular formula is C44H29N3Si. The summed E-state index contributed by atoms with van der Waals surface area (Å²) in [5.74, 6) is 0. The fourth-order valence-electron chi connectivity index (χ4n) is 7.29. The molecule has 0 fully saturated rings. The molecule has 8 aromatic rings. The van der Waals surface area contributed by atoms with Crippen LogP contribution in [0, 0.1) is 17.9 Å². The van der Waals surface area contributed by atoms with Crippen LogP contribution in [0.2, 0.25) is 0 Å². The van der Waals surface area contributed by atoms with Gasteiger partial charge in [0, 0.05) is 10.9 Å². The molecule has 1 aromatic heterocycles. The molecule has 0 saturated carbocycles. The summed E-state index contributed by atoms with van der Waals surface area (Å²) in [6.07, 6.45) is 0. The van der Waals surface area contributed by atoms with Gasteiger partial charge in [0.15, 0.2) is 13.8 Å². The van der Waals surface area contributed by atoms with E-state index in [0.29, 0.717) is 11.3 Å². The Morgan fingerprint density at radius 3 is 1.65 bits per heavy atom. The first-order chi connectivity index (χ1) is 23.7. The third-order valence-electron chi connectivity index (χ3n) is 9.40. The molecule has 0 N–H and O–H groups in total. The maximum absolute atomic E-state index is 9.98. The largest absolute Gasteiger partial charge is 0.309 e. The SMILES string of the molecule is [C-]#[N+]c1ccc2c(c1)c1ccccc1n2-c1ccc(C#N)cc1-c1ccc([Si](c2ccccc2)(c2ccccc2)c2ccccc2)cc1. The van der Waals surface area contributed by atoms with Crippen molar-refractivity contribution in [2.24, 2.45) is 0 Å². The summed E-state index contributed by atoms with van der Waals surface area (Å²) in [7, 11) is -2.67. The summed E-state index contributed by atoms with van der Waals surface area (Å²) in [4.78, 5) is 3.70. The highest BCUT2D eigenvalue weighted by Gasteiger charge is 2.41. The van der Waals surface area contributed by atoms with Crippen LogP contribution in [-0.4, -0.2) is 12.6 Å². The number of nitriles is 1. The molecule has 8 rings (SSSR count). The minimum atomic E-state index is -2.67. The number of nitrogens with zero attached hydrogens (tertiary/aromatic N) is 3. The van der Waals surface area contributed by atoms with Crippen LogP contribution in [0.3, 0.4) is 0 Å². The van der Waals surface area contributed by atoms with Crippen LogP contribution in [-0.2, 0) is 0 Å². The van der Waals surface area contributed by atoms with Crippen LogP contribution >= 0.6 is 0 Å². The Bertz CT molecular complexity index is 2410. The zero-order valence-electron chi connectivity index (χ0n) is 26.1. The maximum atomic E-state index is 9.98. The van der Waals surface area contributed by atoms with Gasteiger partial charge in [0.05, 0.1) is 34.9 Å². The zero-order chi connectivity index (χ0) is 32.5. The molecule has 0 amide bonds. The molecule has 0 atom stereocenters. The minimum absolute atomic E-state index is 0.607. The number of para-hydroxylation sites is 1. The van der Waals surface area contributed by atoms with Gasteiger partial charge < -0.3 is 4.57 Å². The molecule has 1 heterocycles. The Hall–Kier alpha value is -6.46. The standard InChI is InChI=1S/C44H29N3Si/c1-46-34-24-28-44-41(30-34)39-19-11-12-20-42(39)47(44)43-27-21-32(31-45)29-40(43)33-22-25-38(26-23-33)48(35-13-5-2-6-14-35,36-15-7-3-8-16-36)37-17-9-4-10-18-37/h2-30H. The van der Waals surface area contributed by atoms with E-state index in [1.807, 2.05) is 48.5 Å². The first-order valence-electron chi connectivity index (χ1n) is 15.9. The second-order valence-corrected chi connectivity index (χ2v) is 15.7. The Balaban J connectivity index is 1.37. The van der Waals surface area contributed by atoms with Crippen molar-refractivity contribution in [1.29, 1.82) is 5.26 Å². The van der Waals surface area contributed by atoms with E-state index >= 15 is 0 Å². The molecule has 0 saturated heterocycles. The lowest BCUT2D eigenvalue weighted by Crippen LogP contribution is -2.74. The second-order valence-electron chi connectivity index (χ2n) is 11.9. The minimum Gasteiger partial charge on any atom is -0.309 e. The van der Waals surface area contributed by atoms with Gasteiger partial charge >= 0.3 is 0 Å². The lowest BCUT2D eigenvalue weighted by molar-refractivity contribution is 1.18. The fraction of sp³-hybridized carbons (Fsp3) is 0. The molecule has 0 spiro atoms. The number of hydrogen-bond donors (Lipinski definition) is 0. The van der Waals surface area contributed by atoms with Crippen molar-refractivity contribution < 1.29 is 0 Å². The summed E-state index contributed by atoms with van der Waals surface area (Å²) in [6.45, 7) is 7.61. The van der Waals surface area contributed by atoms with Crippen molar-refractivity contribution in [3.05, 3.63) is 193 Å². The normalized spacial score (nSPS) is 11.3. The lowest BCUT2D eigenvalue weighted by Gasteiger charge is -2.34. The van der Waals surface area contributed by atoms with E-state index in [-0.39, 0.29) is 0 Å². The molecule has 0 aliphatic rings. The number of rotatable bonds is 6. The van der Waals surface area contributed by atoms with Crippen LogP contribution < -0.4 is 20.7 Å². The average Bonchev–Trinajstić information content (AvgIpc) is 3.50. The van der Waals surface area contributed by atoms with Gasteiger partial charge in [-0.2, -0.15) is 5.26 Å². The summed E-state index contributed by atoms with van der Waals surface area (Å²) in [5.41, 5.74) is 6.30. The van der Waals surface area contributed by atoms with Crippen LogP contribution in [0.15, 0.2) is 176 Å². The van der Waals surface area contributed by atoms with E-state index in [9.17, 15) is 5.26 Å². The Morgan fingerprint density at radius 1 is 0.521 bits per heavy atom. The quantitative estimate of drug-likeness (QED) is 0.104. The molecule has 224 valence electrons. The zero-order valence-corrected chi connectivity index (χ0v) is 27.1. The van der Waals surface area contributed by atoms with E-state index in [1.165, 1.54) is 20.7 Å². The molecule has 0 aliphatic carbocycles. The summed E-state index contributed by atoms with van der Waals surface area (Å²) < 4.78 is 2.26. The average molecular weight is 628 g/mol. The highest BCUT2D eigenvalue weighted by molar-refractivity contribution is 7.19. The van der Waals surface area contributed by atoms with Crippen LogP contribution in [0.4, 0.5) is 5.69 Å². The highest BCUT2D eigenvalue weighted by atomic mass is 28.3. The van der Waals surface area contributed by atoms with Crippen molar-refractivity contribution in [3.8, 4) is 22.9 Å². The molecule has 0 radical (unpaired) electrons. The van der Waals surface area contributed by atoms with Gasteiger partial charge in [0.25, 0.3) is 0 Å². The van der Waals surface area contributed by atoms with E-state index in [0.717, 1.165) is 38.6 Å². The van der Waals surface area contributed by atoms with Gasteiger partial charge in [0.2, 0.25) is 0 Å². The van der Waals surface area contributed by atoms with E-state index in [2.05, 4.69) is 143 Å². The van der Waals surface area contributed by atoms with E-state index in [4.69, 9.17) is 6.57 Å². The third kappa shape index (κ3) is 4.64. The van der Waals surface area contributed by atoms with Crippen molar-refractivity contribution in [2.75, 3.05) is 0 Å². The van der Waals surface area contributed by atoms with Gasteiger partial charge in [-0.05, 0) is 68.1 Å². The van der Waals surface area contributed by atoms with Crippen LogP contribution in [0.5, 0.6) is 0 Å². The maximum Gasteiger partial charge on any atom is 0.188 e. The topological polar surface area (TPSA) is 33.1 Å². The Labute approximate surface area is 281 Å². The van der Waals surface area contributed by atoms with Gasteiger partial charge in [-0.1, -0.05) is 140 Å². The van der Waals surface area contributed by atoms with Crippen LogP contribution in [0.25, 0.3) is 43.5 Å². The number of benzene rings is 7. The molecule has 0 aliphatic heterocycles. The predicted molar refractivity (Wildman–Crippen MR) is 201 cm³/mol. The molecule has 0 bridgehead atoms.